The molecule has 0 spiro atoms. The van der Waals surface area contributed by atoms with Gasteiger partial charge in [0.2, 0.25) is 0 Å². The van der Waals surface area contributed by atoms with E-state index < -0.39 is 5.60 Å². The van der Waals surface area contributed by atoms with E-state index in [0.717, 1.165) is 0 Å². The van der Waals surface area contributed by atoms with Crippen LogP contribution < -0.4 is 4.74 Å². The van der Waals surface area contributed by atoms with Crippen LogP contribution in [0, 0.1) is 12.3 Å². The molecule has 2 nitrogen and oxygen atoms in total. The molecule has 78 valence electrons. The van der Waals surface area contributed by atoms with E-state index in [-0.39, 0.29) is 5.78 Å². The Morgan fingerprint density at radius 2 is 2.00 bits per heavy atom. The number of rotatable bonds is 3. The number of ether oxygens (including phenoxy) is 1. The van der Waals surface area contributed by atoms with Gasteiger partial charge in [-0.15, -0.1) is 6.42 Å². The summed E-state index contributed by atoms with van der Waals surface area (Å²) in [6.45, 7) is 5.07. The van der Waals surface area contributed by atoms with Gasteiger partial charge < -0.3 is 4.74 Å². The third-order valence-corrected chi connectivity index (χ3v) is 1.98. The topological polar surface area (TPSA) is 26.3 Å². The van der Waals surface area contributed by atoms with E-state index in [9.17, 15) is 4.79 Å². The largest absolute Gasteiger partial charge is 0.474 e. The molecule has 1 rings (SSSR count). The first-order valence-electron chi connectivity index (χ1n) is 4.73. The zero-order valence-corrected chi connectivity index (χ0v) is 9.20. The molecule has 0 saturated heterocycles. The SMILES string of the molecule is C#CC(C)(C)Oc1ccccc1C(C)=O. The summed E-state index contributed by atoms with van der Waals surface area (Å²) < 4.78 is 5.59. The van der Waals surface area contributed by atoms with Crippen molar-refractivity contribution in [1.29, 1.82) is 0 Å². The van der Waals surface area contributed by atoms with Crippen molar-refractivity contribution in [3.8, 4) is 18.1 Å². The summed E-state index contributed by atoms with van der Waals surface area (Å²) in [6.07, 6.45) is 5.32. The van der Waals surface area contributed by atoms with Crippen LogP contribution in [0.1, 0.15) is 31.1 Å². The van der Waals surface area contributed by atoms with Crippen molar-refractivity contribution < 1.29 is 9.53 Å². The van der Waals surface area contributed by atoms with Crippen LogP contribution in [0.2, 0.25) is 0 Å². The average Bonchev–Trinajstić information content (AvgIpc) is 2.18. The van der Waals surface area contributed by atoms with E-state index in [1.807, 2.05) is 6.07 Å². The molecule has 0 aliphatic rings. The maximum Gasteiger partial charge on any atom is 0.163 e. The number of Topliss-reactive ketones (excluding diaryl/α,β-unsaturated/α-hetero) is 1. The first-order chi connectivity index (χ1) is 6.96. The summed E-state index contributed by atoms with van der Waals surface area (Å²) in [5, 5.41) is 0. The number of hydrogen-bond acceptors (Lipinski definition) is 2. The number of hydrogen-bond donors (Lipinski definition) is 0. The van der Waals surface area contributed by atoms with Crippen LogP contribution >= 0.6 is 0 Å². The second-order valence-corrected chi connectivity index (χ2v) is 3.81. The summed E-state index contributed by atoms with van der Waals surface area (Å²) in [7, 11) is 0. The fourth-order valence-electron chi connectivity index (χ4n) is 1.15. The van der Waals surface area contributed by atoms with E-state index in [2.05, 4.69) is 5.92 Å². The Morgan fingerprint density at radius 1 is 1.40 bits per heavy atom. The van der Waals surface area contributed by atoms with Crippen LogP contribution in [0.3, 0.4) is 0 Å². The van der Waals surface area contributed by atoms with Crippen molar-refractivity contribution in [2.24, 2.45) is 0 Å². The van der Waals surface area contributed by atoms with Gasteiger partial charge in [-0.05, 0) is 32.9 Å². The summed E-state index contributed by atoms with van der Waals surface area (Å²) in [5.41, 5.74) is -0.147. The average molecular weight is 202 g/mol. The number of benzene rings is 1. The fraction of sp³-hybridized carbons (Fsp3) is 0.308. The van der Waals surface area contributed by atoms with E-state index in [0.29, 0.717) is 11.3 Å². The Morgan fingerprint density at radius 3 is 2.53 bits per heavy atom. The molecule has 0 unspecified atom stereocenters. The molecular formula is C13H14O2. The van der Waals surface area contributed by atoms with E-state index in [4.69, 9.17) is 11.2 Å². The maximum atomic E-state index is 11.3. The Labute approximate surface area is 90.3 Å². The molecule has 0 aromatic heterocycles. The third-order valence-electron chi connectivity index (χ3n) is 1.98. The first kappa shape index (κ1) is 11.3. The van der Waals surface area contributed by atoms with Crippen LogP contribution in [-0.2, 0) is 0 Å². The molecule has 0 bridgehead atoms. The minimum Gasteiger partial charge on any atom is -0.474 e. The molecule has 15 heavy (non-hydrogen) atoms. The highest BCUT2D eigenvalue weighted by Gasteiger charge is 2.18. The maximum absolute atomic E-state index is 11.3. The van der Waals surface area contributed by atoms with Crippen molar-refractivity contribution in [3.63, 3.8) is 0 Å². The standard InChI is InChI=1S/C13H14O2/c1-5-13(3,4)15-12-9-7-6-8-11(12)10(2)14/h1,6-9H,2-4H3. The van der Waals surface area contributed by atoms with Gasteiger partial charge in [-0.1, -0.05) is 18.1 Å². The first-order valence-corrected chi connectivity index (χ1v) is 4.73. The van der Waals surface area contributed by atoms with Crippen molar-refractivity contribution in [1.82, 2.24) is 0 Å². The molecule has 0 aliphatic carbocycles. The third kappa shape index (κ3) is 2.85. The predicted octanol–water partition coefficient (Wildman–Crippen LogP) is 2.68. The molecule has 0 atom stereocenters. The van der Waals surface area contributed by atoms with Crippen LogP contribution in [-0.4, -0.2) is 11.4 Å². The molecule has 0 fully saturated rings. The number of carbonyl (C=O) groups is 1. The Hall–Kier alpha value is -1.75. The lowest BCUT2D eigenvalue weighted by Gasteiger charge is -2.21. The molecule has 0 heterocycles. The van der Waals surface area contributed by atoms with E-state index >= 15 is 0 Å². The van der Waals surface area contributed by atoms with Crippen molar-refractivity contribution in [2.75, 3.05) is 0 Å². The zero-order valence-electron chi connectivity index (χ0n) is 9.20. The van der Waals surface area contributed by atoms with Gasteiger partial charge >= 0.3 is 0 Å². The number of ketones is 1. The zero-order chi connectivity index (χ0) is 11.5. The van der Waals surface area contributed by atoms with E-state index in [1.54, 1.807) is 32.0 Å². The smallest absolute Gasteiger partial charge is 0.163 e. The van der Waals surface area contributed by atoms with Crippen molar-refractivity contribution in [3.05, 3.63) is 29.8 Å². The van der Waals surface area contributed by atoms with Gasteiger partial charge in [-0.3, -0.25) is 4.79 Å². The van der Waals surface area contributed by atoms with Crippen LogP contribution in [0.4, 0.5) is 0 Å². The number of carbonyl (C=O) groups excluding carboxylic acids is 1. The fourth-order valence-corrected chi connectivity index (χ4v) is 1.15. The molecule has 0 aliphatic heterocycles. The Balaban J connectivity index is 3.06. The summed E-state index contributed by atoms with van der Waals surface area (Å²) >= 11 is 0. The van der Waals surface area contributed by atoms with Gasteiger partial charge in [0.15, 0.2) is 11.4 Å². The number of para-hydroxylation sites is 1. The minimum atomic E-state index is -0.703. The molecule has 2 heteroatoms. The Kier molecular flexibility index (Phi) is 3.16. The van der Waals surface area contributed by atoms with Crippen molar-refractivity contribution >= 4 is 5.78 Å². The lowest BCUT2D eigenvalue weighted by atomic mass is 10.1. The van der Waals surface area contributed by atoms with Gasteiger partial charge in [0, 0.05) is 0 Å². The molecule has 1 aromatic rings. The van der Waals surface area contributed by atoms with Crippen LogP contribution in [0.15, 0.2) is 24.3 Å². The molecule has 1 aromatic carbocycles. The highest BCUT2D eigenvalue weighted by atomic mass is 16.5. The second-order valence-electron chi connectivity index (χ2n) is 3.81. The number of terminal acetylenes is 1. The summed E-state index contributed by atoms with van der Waals surface area (Å²) in [6, 6.07) is 7.08. The quantitative estimate of drug-likeness (QED) is 0.556. The second kappa shape index (κ2) is 4.18. The highest BCUT2D eigenvalue weighted by Crippen LogP contribution is 2.23. The summed E-state index contributed by atoms with van der Waals surface area (Å²) in [4.78, 5) is 11.3. The van der Waals surface area contributed by atoms with Crippen LogP contribution in [0.25, 0.3) is 0 Å². The lowest BCUT2D eigenvalue weighted by Crippen LogP contribution is -2.26. The minimum absolute atomic E-state index is 0.0292. The molecule has 0 amide bonds. The van der Waals surface area contributed by atoms with Gasteiger partial charge in [0.1, 0.15) is 5.75 Å². The predicted molar refractivity (Wildman–Crippen MR) is 60.0 cm³/mol. The summed E-state index contributed by atoms with van der Waals surface area (Å²) in [5.74, 6) is 3.03. The van der Waals surface area contributed by atoms with Gasteiger partial charge in [0.25, 0.3) is 0 Å². The van der Waals surface area contributed by atoms with Crippen molar-refractivity contribution in [2.45, 2.75) is 26.4 Å². The monoisotopic (exact) mass is 202 g/mol. The van der Waals surface area contributed by atoms with Gasteiger partial charge in [-0.2, -0.15) is 0 Å². The molecule has 0 radical (unpaired) electrons. The highest BCUT2D eigenvalue weighted by molar-refractivity contribution is 5.96. The van der Waals surface area contributed by atoms with Crippen LogP contribution in [0.5, 0.6) is 5.75 Å². The molecule has 0 N–H and O–H groups in total. The van der Waals surface area contributed by atoms with Gasteiger partial charge in [-0.25, -0.2) is 0 Å². The molecule has 0 saturated carbocycles. The normalized spacial score (nSPS) is 10.5. The lowest BCUT2D eigenvalue weighted by molar-refractivity contribution is 0.100. The van der Waals surface area contributed by atoms with Gasteiger partial charge in [0.05, 0.1) is 5.56 Å². The van der Waals surface area contributed by atoms with E-state index in [1.165, 1.54) is 6.92 Å². The Bertz CT molecular complexity index is 411. The molecular weight excluding hydrogens is 188 g/mol.